The SMILES string of the molecule is COc1ccc(OCCN(C)CC(=O)N(C)Cc2ccc(F)cc2)cc1. The second-order valence-corrected chi connectivity index (χ2v) is 6.14. The number of hydrogen-bond acceptors (Lipinski definition) is 4. The summed E-state index contributed by atoms with van der Waals surface area (Å²) in [6, 6.07) is 13.5. The van der Waals surface area contributed by atoms with Crippen LogP contribution in [0.4, 0.5) is 4.39 Å². The van der Waals surface area contributed by atoms with Gasteiger partial charge in [-0.3, -0.25) is 9.69 Å². The molecule has 0 aliphatic carbocycles. The summed E-state index contributed by atoms with van der Waals surface area (Å²) in [6.45, 7) is 1.86. The van der Waals surface area contributed by atoms with Gasteiger partial charge in [0.2, 0.25) is 5.91 Å². The summed E-state index contributed by atoms with van der Waals surface area (Å²) >= 11 is 0. The number of amides is 1. The summed E-state index contributed by atoms with van der Waals surface area (Å²) in [7, 11) is 5.24. The monoisotopic (exact) mass is 360 g/mol. The zero-order valence-electron chi connectivity index (χ0n) is 15.4. The molecule has 26 heavy (non-hydrogen) atoms. The number of ether oxygens (including phenoxy) is 2. The summed E-state index contributed by atoms with van der Waals surface area (Å²) in [6.07, 6.45) is 0. The van der Waals surface area contributed by atoms with Crippen molar-refractivity contribution in [3.63, 3.8) is 0 Å². The van der Waals surface area contributed by atoms with E-state index in [1.165, 1.54) is 12.1 Å². The molecule has 0 saturated heterocycles. The number of benzene rings is 2. The quantitative estimate of drug-likeness (QED) is 0.690. The smallest absolute Gasteiger partial charge is 0.236 e. The molecule has 2 aromatic rings. The molecule has 2 rings (SSSR count). The minimum absolute atomic E-state index is 0.00118. The molecule has 0 atom stereocenters. The molecule has 0 unspecified atom stereocenters. The maximum Gasteiger partial charge on any atom is 0.236 e. The highest BCUT2D eigenvalue weighted by atomic mass is 19.1. The molecule has 6 heteroatoms. The highest BCUT2D eigenvalue weighted by molar-refractivity contribution is 5.77. The second-order valence-electron chi connectivity index (χ2n) is 6.14. The highest BCUT2D eigenvalue weighted by Crippen LogP contribution is 2.16. The Labute approximate surface area is 153 Å². The van der Waals surface area contributed by atoms with Crippen LogP contribution in [0.2, 0.25) is 0 Å². The van der Waals surface area contributed by atoms with E-state index in [-0.39, 0.29) is 11.7 Å². The number of carbonyl (C=O) groups excluding carboxylic acids is 1. The Hall–Kier alpha value is -2.60. The third-order valence-corrected chi connectivity index (χ3v) is 3.97. The van der Waals surface area contributed by atoms with Gasteiger partial charge in [-0.25, -0.2) is 4.39 Å². The Balaban J connectivity index is 1.71. The first kappa shape index (κ1) is 19.7. The van der Waals surface area contributed by atoms with E-state index in [0.717, 1.165) is 17.1 Å². The van der Waals surface area contributed by atoms with Crippen molar-refractivity contribution in [1.82, 2.24) is 9.80 Å². The lowest BCUT2D eigenvalue weighted by atomic mass is 10.2. The lowest BCUT2D eigenvalue weighted by Gasteiger charge is -2.22. The van der Waals surface area contributed by atoms with Crippen molar-refractivity contribution in [2.24, 2.45) is 0 Å². The molecule has 2 aromatic carbocycles. The summed E-state index contributed by atoms with van der Waals surface area (Å²) in [4.78, 5) is 15.8. The molecule has 140 valence electrons. The number of hydrogen-bond donors (Lipinski definition) is 0. The fraction of sp³-hybridized carbons (Fsp3) is 0.350. The van der Waals surface area contributed by atoms with Crippen molar-refractivity contribution in [2.45, 2.75) is 6.54 Å². The predicted molar refractivity (Wildman–Crippen MR) is 98.9 cm³/mol. The summed E-state index contributed by atoms with van der Waals surface area (Å²) in [5, 5.41) is 0. The standard InChI is InChI=1S/C20H25FN2O3/c1-22(12-13-26-19-10-8-18(25-3)9-11-19)15-20(24)23(2)14-16-4-6-17(21)7-5-16/h4-11H,12-15H2,1-3H3. The van der Waals surface area contributed by atoms with Gasteiger partial charge in [0.1, 0.15) is 23.9 Å². The molecule has 0 heterocycles. The second kappa shape index (κ2) is 9.77. The average Bonchev–Trinajstić information content (AvgIpc) is 2.64. The molecule has 0 spiro atoms. The maximum atomic E-state index is 12.9. The molecule has 0 N–H and O–H groups in total. The van der Waals surface area contributed by atoms with Crippen molar-refractivity contribution in [3.05, 3.63) is 59.9 Å². The molecule has 0 fully saturated rings. The highest BCUT2D eigenvalue weighted by Gasteiger charge is 2.12. The Morgan fingerprint density at radius 2 is 1.62 bits per heavy atom. The van der Waals surface area contributed by atoms with Crippen molar-refractivity contribution < 1.29 is 18.7 Å². The minimum Gasteiger partial charge on any atom is -0.497 e. The van der Waals surface area contributed by atoms with E-state index >= 15 is 0 Å². The van der Waals surface area contributed by atoms with E-state index in [0.29, 0.717) is 26.2 Å². The number of rotatable bonds is 9. The zero-order valence-corrected chi connectivity index (χ0v) is 15.4. The maximum absolute atomic E-state index is 12.9. The molecule has 0 bridgehead atoms. The predicted octanol–water partition coefficient (Wildman–Crippen LogP) is 2.80. The van der Waals surface area contributed by atoms with Gasteiger partial charge < -0.3 is 14.4 Å². The first-order valence-corrected chi connectivity index (χ1v) is 8.41. The summed E-state index contributed by atoms with van der Waals surface area (Å²) < 4.78 is 23.7. The Kier molecular flexibility index (Phi) is 7.41. The van der Waals surface area contributed by atoms with E-state index < -0.39 is 0 Å². The Bertz CT molecular complexity index is 689. The number of carbonyl (C=O) groups is 1. The van der Waals surface area contributed by atoms with Crippen LogP contribution >= 0.6 is 0 Å². The number of methoxy groups -OCH3 is 1. The van der Waals surface area contributed by atoms with Crippen LogP contribution in [0.5, 0.6) is 11.5 Å². The molecule has 0 aliphatic rings. The van der Waals surface area contributed by atoms with E-state index in [2.05, 4.69) is 0 Å². The van der Waals surface area contributed by atoms with E-state index in [9.17, 15) is 9.18 Å². The van der Waals surface area contributed by atoms with E-state index in [1.54, 1.807) is 31.2 Å². The van der Waals surface area contributed by atoms with Gasteiger partial charge in [-0.1, -0.05) is 12.1 Å². The van der Waals surface area contributed by atoms with Gasteiger partial charge in [0.25, 0.3) is 0 Å². The Morgan fingerprint density at radius 1 is 1.00 bits per heavy atom. The van der Waals surface area contributed by atoms with E-state index in [4.69, 9.17) is 9.47 Å². The first-order valence-electron chi connectivity index (χ1n) is 8.41. The van der Waals surface area contributed by atoms with Crippen LogP contribution in [0, 0.1) is 5.82 Å². The normalized spacial score (nSPS) is 10.7. The largest absolute Gasteiger partial charge is 0.497 e. The van der Waals surface area contributed by atoms with Gasteiger partial charge in [-0.05, 0) is 49.0 Å². The molecule has 1 amide bonds. The Morgan fingerprint density at radius 3 is 2.23 bits per heavy atom. The van der Waals surface area contributed by atoms with Crippen LogP contribution in [-0.2, 0) is 11.3 Å². The lowest BCUT2D eigenvalue weighted by Crippen LogP contribution is -2.37. The summed E-state index contributed by atoms with van der Waals surface area (Å²) in [5.41, 5.74) is 0.896. The van der Waals surface area contributed by atoms with Crippen LogP contribution in [-0.4, -0.2) is 56.6 Å². The fourth-order valence-corrected chi connectivity index (χ4v) is 2.37. The van der Waals surface area contributed by atoms with Crippen LogP contribution < -0.4 is 9.47 Å². The lowest BCUT2D eigenvalue weighted by molar-refractivity contribution is -0.131. The number of likely N-dealkylation sites (N-methyl/N-ethyl adjacent to an activating group) is 2. The van der Waals surface area contributed by atoms with Crippen molar-refractivity contribution >= 4 is 5.91 Å². The van der Waals surface area contributed by atoms with Gasteiger partial charge in [0, 0.05) is 20.1 Å². The average molecular weight is 360 g/mol. The van der Waals surface area contributed by atoms with Crippen LogP contribution in [0.3, 0.4) is 0 Å². The molecular weight excluding hydrogens is 335 g/mol. The number of nitrogens with zero attached hydrogens (tertiary/aromatic N) is 2. The summed E-state index contributed by atoms with van der Waals surface area (Å²) in [5.74, 6) is 1.27. The van der Waals surface area contributed by atoms with Gasteiger partial charge in [0.15, 0.2) is 0 Å². The molecule has 0 radical (unpaired) electrons. The van der Waals surface area contributed by atoms with E-state index in [1.807, 2.05) is 36.2 Å². The van der Waals surface area contributed by atoms with Crippen molar-refractivity contribution in [2.75, 3.05) is 40.9 Å². The molecular formula is C20H25FN2O3. The van der Waals surface area contributed by atoms with Crippen LogP contribution in [0.1, 0.15) is 5.56 Å². The number of halogens is 1. The van der Waals surface area contributed by atoms with Crippen LogP contribution in [0.25, 0.3) is 0 Å². The van der Waals surface area contributed by atoms with Crippen molar-refractivity contribution in [1.29, 1.82) is 0 Å². The van der Waals surface area contributed by atoms with Gasteiger partial charge in [0.05, 0.1) is 13.7 Å². The molecule has 0 aromatic heterocycles. The third kappa shape index (κ3) is 6.37. The van der Waals surface area contributed by atoms with Crippen LogP contribution in [0.15, 0.2) is 48.5 Å². The first-order chi connectivity index (χ1) is 12.5. The minimum atomic E-state index is -0.278. The van der Waals surface area contributed by atoms with Gasteiger partial charge in [-0.2, -0.15) is 0 Å². The van der Waals surface area contributed by atoms with Crippen molar-refractivity contribution in [3.8, 4) is 11.5 Å². The zero-order chi connectivity index (χ0) is 18.9. The third-order valence-electron chi connectivity index (χ3n) is 3.97. The molecule has 0 aliphatic heterocycles. The topological polar surface area (TPSA) is 42.0 Å². The van der Waals surface area contributed by atoms with Gasteiger partial charge in [-0.15, -0.1) is 0 Å². The molecule has 0 saturated carbocycles. The fourth-order valence-electron chi connectivity index (χ4n) is 2.37. The van der Waals surface area contributed by atoms with Gasteiger partial charge >= 0.3 is 0 Å². The molecule has 5 nitrogen and oxygen atoms in total.